The Hall–Kier alpha value is -3.06. The number of hydrogen-bond donors (Lipinski definition) is 1. The number of para-hydroxylation sites is 3. The number of rotatable bonds is 6. The van der Waals surface area contributed by atoms with Crippen molar-refractivity contribution >= 4 is 23.2 Å². The van der Waals surface area contributed by atoms with Gasteiger partial charge in [0.25, 0.3) is 5.91 Å². The molecule has 0 spiro atoms. The summed E-state index contributed by atoms with van der Waals surface area (Å²) >= 11 is 0. The molecule has 2 aromatic rings. The SMILES string of the molecule is CCc1cccc(CC)c1NC(=O)CN1CC(C(=O)N2CCOCC2)Oc2ccccc21. The lowest BCUT2D eigenvalue weighted by Crippen LogP contribution is -2.53. The molecule has 1 unspecified atom stereocenters. The van der Waals surface area contributed by atoms with Crippen LogP contribution in [0.15, 0.2) is 42.5 Å². The van der Waals surface area contributed by atoms with Crippen LogP contribution in [0.4, 0.5) is 11.4 Å². The zero-order valence-electron chi connectivity index (χ0n) is 18.8. The molecule has 2 aliphatic rings. The fraction of sp³-hybridized carbons (Fsp3) is 0.440. The van der Waals surface area contributed by atoms with Gasteiger partial charge < -0.3 is 24.6 Å². The van der Waals surface area contributed by atoms with Gasteiger partial charge in [0, 0.05) is 18.8 Å². The maximum Gasteiger partial charge on any atom is 0.265 e. The maximum atomic E-state index is 13.1. The van der Waals surface area contributed by atoms with E-state index in [1.54, 1.807) is 4.90 Å². The van der Waals surface area contributed by atoms with Crippen LogP contribution in [0.3, 0.4) is 0 Å². The van der Waals surface area contributed by atoms with Crippen LogP contribution in [0.1, 0.15) is 25.0 Å². The average molecular weight is 438 g/mol. The standard InChI is InChI=1S/C25H31N3O4/c1-3-18-8-7-9-19(4-2)24(18)26-23(29)17-28-16-22(25(30)27-12-14-31-15-13-27)32-21-11-6-5-10-20(21)28/h5-11,22H,3-4,12-17H2,1-2H3,(H,26,29). The van der Waals surface area contributed by atoms with Crippen molar-refractivity contribution in [2.75, 3.05) is 49.6 Å². The first-order chi connectivity index (χ1) is 15.6. The van der Waals surface area contributed by atoms with Gasteiger partial charge in [0.1, 0.15) is 5.75 Å². The largest absolute Gasteiger partial charge is 0.477 e. The summed E-state index contributed by atoms with van der Waals surface area (Å²) in [6, 6.07) is 13.7. The number of amides is 2. The van der Waals surface area contributed by atoms with Crippen molar-refractivity contribution in [1.82, 2.24) is 4.90 Å². The predicted octanol–water partition coefficient (Wildman–Crippen LogP) is 2.88. The number of carbonyl (C=O) groups is 2. The minimum absolute atomic E-state index is 0.0576. The molecular weight excluding hydrogens is 406 g/mol. The Balaban J connectivity index is 1.52. The minimum atomic E-state index is -0.648. The second kappa shape index (κ2) is 10.0. The summed E-state index contributed by atoms with van der Waals surface area (Å²) in [6.07, 6.45) is 1.05. The normalized spacial score (nSPS) is 18.0. The molecule has 2 aromatic carbocycles. The number of ether oxygens (including phenoxy) is 2. The van der Waals surface area contributed by atoms with Gasteiger partial charge in [-0.2, -0.15) is 0 Å². The molecule has 32 heavy (non-hydrogen) atoms. The highest BCUT2D eigenvalue weighted by Crippen LogP contribution is 2.33. The van der Waals surface area contributed by atoms with E-state index in [0.717, 1.165) is 35.3 Å². The highest BCUT2D eigenvalue weighted by Gasteiger charge is 2.34. The highest BCUT2D eigenvalue weighted by atomic mass is 16.5. The topological polar surface area (TPSA) is 71.1 Å². The van der Waals surface area contributed by atoms with Crippen LogP contribution in [0.2, 0.25) is 0 Å². The van der Waals surface area contributed by atoms with E-state index in [0.29, 0.717) is 38.6 Å². The molecule has 4 rings (SSSR count). The van der Waals surface area contributed by atoms with Gasteiger partial charge in [-0.15, -0.1) is 0 Å². The number of nitrogens with one attached hydrogen (secondary N) is 1. The van der Waals surface area contributed by atoms with Crippen LogP contribution in [0.5, 0.6) is 5.75 Å². The van der Waals surface area contributed by atoms with Crippen LogP contribution in [0, 0.1) is 0 Å². The van der Waals surface area contributed by atoms with E-state index in [1.807, 2.05) is 35.2 Å². The number of nitrogens with zero attached hydrogens (tertiary/aromatic N) is 2. The van der Waals surface area contributed by atoms with Crippen LogP contribution < -0.4 is 15.0 Å². The molecule has 0 aromatic heterocycles. The van der Waals surface area contributed by atoms with E-state index in [4.69, 9.17) is 9.47 Å². The van der Waals surface area contributed by atoms with E-state index < -0.39 is 6.10 Å². The van der Waals surface area contributed by atoms with Gasteiger partial charge in [-0.25, -0.2) is 0 Å². The number of hydrogen-bond acceptors (Lipinski definition) is 5. The van der Waals surface area contributed by atoms with E-state index in [-0.39, 0.29) is 18.4 Å². The average Bonchev–Trinajstić information content (AvgIpc) is 2.84. The van der Waals surface area contributed by atoms with Gasteiger partial charge in [0.05, 0.1) is 32.0 Å². The Morgan fingerprint density at radius 2 is 1.69 bits per heavy atom. The van der Waals surface area contributed by atoms with Crippen molar-refractivity contribution in [2.24, 2.45) is 0 Å². The summed E-state index contributed by atoms with van der Waals surface area (Å²) in [4.78, 5) is 29.9. The molecule has 7 nitrogen and oxygen atoms in total. The summed E-state index contributed by atoms with van der Waals surface area (Å²) in [6.45, 7) is 6.86. The van der Waals surface area contributed by atoms with Gasteiger partial charge in [-0.3, -0.25) is 9.59 Å². The number of benzene rings is 2. The second-order valence-corrected chi connectivity index (χ2v) is 8.10. The van der Waals surface area contributed by atoms with Crippen molar-refractivity contribution in [3.05, 3.63) is 53.6 Å². The molecule has 1 saturated heterocycles. The molecule has 0 aliphatic carbocycles. The smallest absolute Gasteiger partial charge is 0.265 e. The minimum Gasteiger partial charge on any atom is -0.477 e. The first-order valence-electron chi connectivity index (χ1n) is 11.4. The Bertz CT molecular complexity index is 949. The van der Waals surface area contributed by atoms with Crippen LogP contribution in [-0.2, 0) is 27.2 Å². The van der Waals surface area contributed by atoms with Crippen molar-refractivity contribution in [3.8, 4) is 5.75 Å². The summed E-state index contributed by atoms with van der Waals surface area (Å²) in [7, 11) is 0. The monoisotopic (exact) mass is 437 g/mol. The third kappa shape index (κ3) is 4.72. The van der Waals surface area contributed by atoms with E-state index in [1.165, 1.54) is 0 Å². The van der Waals surface area contributed by atoms with E-state index in [2.05, 4.69) is 31.3 Å². The summed E-state index contributed by atoms with van der Waals surface area (Å²) in [5.74, 6) is 0.467. The van der Waals surface area contributed by atoms with Crippen LogP contribution in [-0.4, -0.2) is 62.2 Å². The molecule has 2 amide bonds. The highest BCUT2D eigenvalue weighted by molar-refractivity contribution is 5.96. The number of aryl methyl sites for hydroxylation is 2. The zero-order chi connectivity index (χ0) is 22.5. The molecule has 2 heterocycles. The lowest BCUT2D eigenvalue weighted by Gasteiger charge is -2.38. The first-order valence-corrected chi connectivity index (χ1v) is 11.4. The van der Waals surface area contributed by atoms with Gasteiger partial charge >= 0.3 is 0 Å². The van der Waals surface area contributed by atoms with Gasteiger partial charge in [-0.1, -0.05) is 44.2 Å². The van der Waals surface area contributed by atoms with Crippen molar-refractivity contribution in [2.45, 2.75) is 32.8 Å². The summed E-state index contributed by atoms with van der Waals surface area (Å²) in [5, 5.41) is 3.13. The molecular formula is C25H31N3O4. The molecule has 1 atom stereocenters. The zero-order valence-corrected chi connectivity index (χ0v) is 18.8. The quantitative estimate of drug-likeness (QED) is 0.753. The molecule has 1 fully saturated rings. The number of fused-ring (bicyclic) bond motifs is 1. The fourth-order valence-corrected chi connectivity index (χ4v) is 4.33. The molecule has 0 saturated carbocycles. The summed E-state index contributed by atoms with van der Waals surface area (Å²) in [5.41, 5.74) is 3.99. The van der Waals surface area contributed by atoms with E-state index in [9.17, 15) is 9.59 Å². The summed E-state index contributed by atoms with van der Waals surface area (Å²) < 4.78 is 11.4. The lowest BCUT2D eigenvalue weighted by atomic mass is 10.0. The van der Waals surface area contributed by atoms with Gasteiger partial charge in [-0.05, 0) is 36.1 Å². The van der Waals surface area contributed by atoms with Crippen molar-refractivity contribution in [1.29, 1.82) is 0 Å². The number of morpholine rings is 1. The molecule has 170 valence electrons. The third-order valence-electron chi connectivity index (χ3n) is 6.06. The van der Waals surface area contributed by atoms with Crippen LogP contribution in [0.25, 0.3) is 0 Å². The third-order valence-corrected chi connectivity index (χ3v) is 6.06. The molecule has 0 bridgehead atoms. The Kier molecular flexibility index (Phi) is 6.95. The Labute approximate surface area is 189 Å². The maximum absolute atomic E-state index is 13.1. The first kappa shape index (κ1) is 22.1. The van der Waals surface area contributed by atoms with Crippen molar-refractivity contribution in [3.63, 3.8) is 0 Å². The number of carbonyl (C=O) groups excluding carboxylic acids is 2. The van der Waals surface area contributed by atoms with E-state index >= 15 is 0 Å². The molecule has 0 radical (unpaired) electrons. The Morgan fingerprint density at radius 1 is 1.00 bits per heavy atom. The van der Waals surface area contributed by atoms with Gasteiger partial charge in [0.15, 0.2) is 6.10 Å². The fourth-order valence-electron chi connectivity index (χ4n) is 4.33. The second-order valence-electron chi connectivity index (χ2n) is 8.10. The number of anilines is 2. The van der Waals surface area contributed by atoms with Gasteiger partial charge in [0.2, 0.25) is 5.91 Å². The molecule has 1 N–H and O–H groups in total. The van der Waals surface area contributed by atoms with Crippen LogP contribution >= 0.6 is 0 Å². The Morgan fingerprint density at radius 3 is 2.38 bits per heavy atom. The predicted molar refractivity (Wildman–Crippen MR) is 124 cm³/mol. The van der Waals surface area contributed by atoms with Crippen molar-refractivity contribution < 1.29 is 19.1 Å². The lowest BCUT2D eigenvalue weighted by molar-refractivity contribution is -0.142. The molecule has 2 aliphatic heterocycles. The molecule has 7 heteroatoms.